The summed E-state index contributed by atoms with van der Waals surface area (Å²) in [6.07, 6.45) is 7.32. The minimum Gasteiger partial charge on any atom is -0.363 e. The molecule has 0 radical (unpaired) electrons. The maximum absolute atomic E-state index is 11.1. The van der Waals surface area contributed by atoms with E-state index in [0.717, 1.165) is 31.9 Å². The first-order chi connectivity index (χ1) is 11.6. The molecule has 1 aliphatic rings. The van der Waals surface area contributed by atoms with Gasteiger partial charge in [0.25, 0.3) is 0 Å². The summed E-state index contributed by atoms with van der Waals surface area (Å²) in [7, 11) is 4.02. The fourth-order valence-electron chi connectivity index (χ4n) is 3.28. The molecule has 24 heavy (non-hydrogen) atoms. The summed E-state index contributed by atoms with van der Waals surface area (Å²) in [4.78, 5) is 22.9. The summed E-state index contributed by atoms with van der Waals surface area (Å²) < 4.78 is 0. The van der Waals surface area contributed by atoms with Crippen molar-refractivity contribution in [1.82, 2.24) is 14.9 Å². The monoisotopic (exact) mass is 326 g/mol. The van der Waals surface area contributed by atoms with E-state index in [9.17, 15) is 4.79 Å². The molecule has 0 amide bonds. The van der Waals surface area contributed by atoms with E-state index >= 15 is 0 Å². The number of H-pyrrole nitrogens is 1. The molecular weight excluding hydrogens is 300 g/mol. The predicted octanol–water partition coefficient (Wildman–Crippen LogP) is 2.29. The Morgan fingerprint density at radius 2 is 1.92 bits per heavy atom. The zero-order valence-electron chi connectivity index (χ0n) is 14.5. The van der Waals surface area contributed by atoms with Crippen molar-refractivity contribution in [2.24, 2.45) is 5.92 Å². The fraction of sp³-hybridized carbons (Fsp3) is 0.474. The van der Waals surface area contributed by atoms with Crippen LogP contribution >= 0.6 is 0 Å². The SMILES string of the molecule is CN(C)c1ccc(CN2CCC(Cc3ccc(=O)[nH]c3)CC2)cn1. The molecular formula is C19H26N4O. The van der Waals surface area contributed by atoms with E-state index in [1.807, 2.05) is 37.5 Å². The first-order valence-corrected chi connectivity index (χ1v) is 8.62. The van der Waals surface area contributed by atoms with Crippen LogP contribution in [0.3, 0.4) is 0 Å². The van der Waals surface area contributed by atoms with Crippen LogP contribution in [-0.2, 0) is 13.0 Å². The Morgan fingerprint density at radius 3 is 2.50 bits per heavy atom. The second-order valence-corrected chi connectivity index (χ2v) is 6.90. The van der Waals surface area contributed by atoms with Gasteiger partial charge in [-0.3, -0.25) is 9.69 Å². The van der Waals surface area contributed by atoms with Gasteiger partial charge in [0, 0.05) is 39.1 Å². The number of nitrogens with one attached hydrogen (secondary N) is 1. The molecule has 1 fully saturated rings. The third-order valence-electron chi connectivity index (χ3n) is 4.75. The molecule has 0 bridgehead atoms. The summed E-state index contributed by atoms with van der Waals surface area (Å²) in [5, 5.41) is 0. The van der Waals surface area contributed by atoms with Crippen molar-refractivity contribution in [1.29, 1.82) is 0 Å². The summed E-state index contributed by atoms with van der Waals surface area (Å²) in [6, 6.07) is 7.82. The fourth-order valence-corrected chi connectivity index (χ4v) is 3.28. The van der Waals surface area contributed by atoms with Gasteiger partial charge in [-0.1, -0.05) is 12.1 Å². The molecule has 3 heterocycles. The minimum absolute atomic E-state index is 0.0255. The molecule has 1 N–H and O–H groups in total. The second-order valence-electron chi connectivity index (χ2n) is 6.90. The van der Waals surface area contributed by atoms with Crippen LogP contribution in [0.2, 0.25) is 0 Å². The van der Waals surface area contributed by atoms with Gasteiger partial charge >= 0.3 is 0 Å². The lowest BCUT2D eigenvalue weighted by Crippen LogP contribution is -2.34. The Labute approximate surface area is 143 Å². The van der Waals surface area contributed by atoms with E-state index in [1.54, 1.807) is 6.07 Å². The van der Waals surface area contributed by atoms with E-state index in [4.69, 9.17) is 0 Å². The number of likely N-dealkylation sites (tertiary alicyclic amines) is 1. The first-order valence-electron chi connectivity index (χ1n) is 8.62. The van der Waals surface area contributed by atoms with Crippen molar-refractivity contribution in [3.63, 3.8) is 0 Å². The summed E-state index contributed by atoms with van der Waals surface area (Å²) in [6.45, 7) is 3.24. The Balaban J connectivity index is 1.48. The zero-order valence-corrected chi connectivity index (χ0v) is 14.5. The van der Waals surface area contributed by atoms with Crippen LogP contribution in [0.5, 0.6) is 0 Å². The molecule has 0 atom stereocenters. The summed E-state index contributed by atoms with van der Waals surface area (Å²) >= 11 is 0. The van der Waals surface area contributed by atoms with Crippen LogP contribution in [0.25, 0.3) is 0 Å². The van der Waals surface area contributed by atoms with E-state index in [-0.39, 0.29) is 5.56 Å². The average Bonchev–Trinajstić information content (AvgIpc) is 2.59. The van der Waals surface area contributed by atoms with Crippen molar-refractivity contribution in [3.05, 3.63) is 58.1 Å². The number of piperidine rings is 1. The number of pyridine rings is 2. The lowest BCUT2D eigenvalue weighted by molar-refractivity contribution is 0.177. The number of aromatic amines is 1. The van der Waals surface area contributed by atoms with Crippen molar-refractivity contribution in [2.75, 3.05) is 32.1 Å². The van der Waals surface area contributed by atoms with Crippen molar-refractivity contribution in [2.45, 2.75) is 25.8 Å². The third-order valence-corrected chi connectivity index (χ3v) is 4.75. The van der Waals surface area contributed by atoms with Crippen LogP contribution in [0.4, 0.5) is 5.82 Å². The molecule has 0 unspecified atom stereocenters. The zero-order chi connectivity index (χ0) is 16.9. The number of hydrogen-bond acceptors (Lipinski definition) is 4. The van der Waals surface area contributed by atoms with Crippen LogP contribution in [0.15, 0.2) is 41.5 Å². The largest absolute Gasteiger partial charge is 0.363 e. The number of rotatable bonds is 5. The normalized spacial score (nSPS) is 16.2. The Bertz CT molecular complexity index is 680. The summed E-state index contributed by atoms with van der Waals surface area (Å²) in [5.74, 6) is 1.71. The smallest absolute Gasteiger partial charge is 0.247 e. The van der Waals surface area contributed by atoms with Crippen LogP contribution in [-0.4, -0.2) is 42.1 Å². The Morgan fingerprint density at radius 1 is 1.17 bits per heavy atom. The molecule has 3 rings (SSSR count). The Kier molecular flexibility index (Phi) is 5.30. The van der Waals surface area contributed by atoms with Crippen molar-refractivity contribution in [3.8, 4) is 0 Å². The van der Waals surface area contributed by atoms with E-state index < -0.39 is 0 Å². The predicted molar refractivity (Wildman–Crippen MR) is 97.3 cm³/mol. The Hall–Kier alpha value is -2.14. The highest BCUT2D eigenvalue weighted by Gasteiger charge is 2.19. The molecule has 2 aromatic rings. The molecule has 0 aliphatic carbocycles. The molecule has 1 aliphatic heterocycles. The quantitative estimate of drug-likeness (QED) is 0.916. The highest BCUT2D eigenvalue weighted by molar-refractivity contribution is 5.37. The van der Waals surface area contributed by atoms with Gasteiger partial charge in [-0.15, -0.1) is 0 Å². The molecule has 0 spiro atoms. The van der Waals surface area contributed by atoms with E-state index in [1.165, 1.54) is 24.0 Å². The maximum Gasteiger partial charge on any atom is 0.247 e. The molecule has 2 aromatic heterocycles. The van der Waals surface area contributed by atoms with E-state index in [2.05, 4.69) is 27.0 Å². The number of nitrogens with zero attached hydrogens (tertiary/aromatic N) is 3. The lowest BCUT2D eigenvalue weighted by Gasteiger charge is -2.32. The molecule has 128 valence electrons. The molecule has 0 aromatic carbocycles. The molecule has 0 saturated carbocycles. The van der Waals surface area contributed by atoms with Gasteiger partial charge < -0.3 is 9.88 Å². The van der Waals surface area contributed by atoms with Crippen LogP contribution in [0, 0.1) is 5.92 Å². The highest BCUT2D eigenvalue weighted by atomic mass is 16.1. The van der Waals surface area contributed by atoms with Gasteiger partial charge in [-0.2, -0.15) is 0 Å². The lowest BCUT2D eigenvalue weighted by atomic mass is 9.90. The molecule has 1 saturated heterocycles. The van der Waals surface area contributed by atoms with Gasteiger partial charge in [0.2, 0.25) is 5.56 Å². The van der Waals surface area contributed by atoms with Gasteiger partial charge in [-0.05, 0) is 55.5 Å². The number of aromatic nitrogens is 2. The third kappa shape index (κ3) is 4.45. The first kappa shape index (κ1) is 16.7. The molecule has 5 heteroatoms. The average molecular weight is 326 g/mol. The van der Waals surface area contributed by atoms with Crippen LogP contribution in [0.1, 0.15) is 24.0 Å². The van der Waals surface area contributed by atoms with E-state index in [0.29, 0.717) is 5.92 Å². The van der Waals surface area contributed by atoms with Crippen LogP contribution < -0.4 is 10.5 Å². The van der Waals surface area contributed by atoms with Gasteiger partial charge in [0.05, 0.1) is 0 Å². The molecule has 5 nitrogen and oxygen atoms in total. The van der Waals surface area contributed by atoms with Crippen molar-refractivity contribution >= 4 is 5.82 Å². The minimum atomic E-state index is -0.0255. The summed E-state index contributed by atoms with van der Waals surface area (Å²) in [5.41, 5.74) is 2.48. The standard InChI is InChI=1S/C19H26N4O/c1-22(2)18-5-3-17(13-20-18)14-23-9-7-15(8-10-23)11-16-4-6-19(24)21-12-16/h3-6,12-13,15H,7-11,14H2,1-2H3,(H,21,24). The van der Waals surface area contributed by atoms with Gasteiger partial charge in [-0.25, -0.2) is 4.98 Å². The highest BCUT2D eigenvalue weighted by Crippen LogP contribution is 2.22. The number of hydrogen-bond donors (Lipinski definition) is 1. The second kappa shape index (κ2) is 7.62. The number of anilines is 1. The maximum atomic E-state index is 11.1. The van der Waals surface area contributed by atoms with Crippen molar-refractivity contribution < 1.29 is 0 Å². The van der Waals surface area contributed by atoms with Gasteiger partial charge in [0.15, 0.2) is 0 Å². The topological polar surface area (TPSA) is 52.2 Å². The van der Waals surface area contributed by atoms with Gasteiger partial charge in [0.1, 0.15) is 5.82 Å².